The van der Waals surface area contributed by atoms with Crippen LogP contribution in [-0.2, 0) is 0 Å². The third kappa shape index (κ3) is 3.52. The highest BCUT2D eigenvalue weighted by Gasteiger charge is 2.05. The molecule has 6 rings (SSSR count). The summed E-state index contributed by atoms with van der Waals surface area (Å²) in [5, 5.41) is 10.9. The van der Waals surface area contributed by atoms with Gasteiger partial charge in [-0.2, -0.15) is 0 Å². The summed E-state index contributed by atoms with van der Waals surface area (Å²) in [6, 6.07) is 35.0. The second kappa shape index (κ2) is 8.13. The zero-order valence-corrected chi connectivity index (χ0v) is 19.2. The third-order valence-corrected chi connectivity index (χ3v) is 6.55. The number of benzene rings is 6. The van der Waals surface area contributed by atoms with Gasteiger partial charge in [-0.05, 0) is 87.5 Å². The van der Waals surface area contributed by atoms with E-state index >= 15 is 0 Å². The minimum absolute atomic E-state index is 1.32. The largest absolute Gasteiger partial charge is 0.0616 e. The Hall–Kier alpha value is -3.64. The standard InChI is InChI=1S/2C16H14/c1-11-6-5-9-15-14-8-4-3-7-13(14)12(2)10-16(11)15;1-11-7-8-15-14-6-4-3-5-13(14)10-12(2)16(15)9-11/h2*3-10H,1-2H3. The summed E-state index contributed by atoms with van der Waals surface area (Å²) in [6.45, 7) is 8.70. The molecule has 32 heavy (non-hydrogen) atoms. The van der Waals surface area contributed by atoms with Crippen molar-refractivity contribution < 1.29 is 0 Å². The molecule has 0 heteroatoms. The molecule has 0 bridgehead atoms. The first-order chi connectivity index (χ1) is 15.5. The lowest BCUT2D eigenvalue weighted by molar-refractivity contribution is 1.48. The molecule has 0 saturated heterocycles. The van der Waals surface area contributed by atoms with E-state index in [0.29, 0.717) is 0 Å². The molecule has 0 aliphatic carbocycles. The highest BCUT2D eigenvalue weighted by Crippen LogP contribution is 2.30. The molecule has 0 fully saturated rings. The Morgan fingerprint density at radius 3 is 1.72 bits per heavy atom. The van der Waals surface area contributed by atoms with Crippen LogP contribution in [0.5, 0.6) is 0 Å². The van der Waals surface area contributed by atoms with Gasteiger partial charge >= 0.3 is 0 Å². The predicted molar refractivity (Wildman–Crippen MR) is 142 cm³/mol. The third-order valence-electron chi connectivity index (χ3n) is 6.55. The van der Waals surface area contributed by atoms with Crippen molar-refractivity contribution in [1.82, 2.24) is 0 Å². The maximum absolute atomic E-state index is 2.30. The molecule has 0 aliphatic heterocycles. The minimum atomic E-state index is 1.32. The van der Waals surface area contributed by atoms with E-state index in [1.165, 1.54) is 65.3 Å². The van der Waals surface area contributed by atoms with Crippen molar-refractivity contribution in [1.29, 1.82) is 0 Å². The van der Waals surface area contributed by atoms with Gasteiger partial charge in [0.2, 0.25) is 0 Å². The maximum atomic E-state index is 2.30. The van der Waals surface area contributed by atoms with E-state index in [2.05, 4.69) is 125 Å². The SMILES string of the molecule is Cc1cc2c(C)cccc2c2ccccc12.Cc1ccc2c(c1)c(C)cc1ccccc12. The van der Waals surface area contributed by atoms with Crippen LogP contribution in [0.15, 0.2) is 97.1 Å². The highest BCUT2D eigenvalue weighted by molar-refractivity contribution is 6.10. The molecule has 0 N–H and O–H groups in total. The highest BCUT2D eigenvalue weighted by atomic mass is 14.1. The minimum Gasteiger partial charge on any atom is -0.0616 e. The molecule has 0 amide bonds. The fourth-order valence-corrected chi connectivity index (χ4v) is 4.86. The summed E-state index contributed by atoms with van der Waals surface area (Å²) < 4.78 is 0. The van der Waals surface area contributed by atoms with Gasteiger partial charge in [0.25, 0.3) is 0 Å². The van der Waals surface area contributed by atoms with Crippen LogP contribution in [0.4, 0.5) is 0 Å². The van der Waals surface area contributed by atoms with E-state index in [4.69, 9.17) is 0 Å². The van der Waals surface area contributed by atoms with Crippen LogP contribution >= 0.6 is 0 Å². The summed E-state index contributed by atoms with van der Waals surface area (Å²) in [4.78, 5) is 0. The first-order valence-electron chi connectivity index (χ1n) is 11.3. The normalized spacial score (nSPS) is 11.1. The number of aryl methyl sites for hydroxylation is 4. The lowest BCUT2D eigenvalue weighted by Gasteiger charge is -2.09. The molecule has 0 unspecified atom stereocenters. The van der Waals surface area contributed by atoms with E-state index in [1.54, 1.807) is 0 Å². The van der Waals surface area contributed by atoms with Gasteiger partial charge in [0, 0.05) is 0 Å². The lowest BCUT2D eigenvalue weighted by atomic mass is 9.96. The Morgan fingerprint density at radius 2 is 0.906 bits per heavy atom. The zero-order chi connectivity index (χ0) is 22.2. The number of hydrogen-bond acceptors (Lipinski definition) is 0. The molecule has 0 saturated carbocycles. The van der Waals surface area contributed by atoms with Crippen LogP contribution in [0, 0.1) is 27.7 Å². The molecule has 6 aromatic rings. The monoisotopic (exact) mass is 412 g/mol. The van der Waals surface area contributed by atoms with Crippen LogP contribution in [0.1, 0.15) is 22.3 Å². The Balaban J connectivity index is 0.000000135. The second-order valence-corrected chi connectivity index (χ2v) is 8.87. The smallest absolute Gasteiger partial charge is 0.0103 e. The first-order valence-corrected chi connectivity index (χ1v) is 11.3. The summed E-state index contributed by atoms with van der Waals surface area (Å²) in [7, 11) is 0. The first kappa shape index (κ1) is 20.3. The Bertz CT molecular complexity index is 1600. The molecule has 0 spiro atoms. The van der Waals surface area contributed by atoms with Gasteiger partial charge in [0.05, 0.1) is 0 Å². The van der Waals surface area contributed by atoms with Crippen molar-refractivity contribution in [3.63, 3.8) is 0 Å². The Morgan fingerprint density at radius 1 is 0.344 bits per heavy atom. The quantitative estimate of drug-likeness (QED) is 0.218. The summed E-state index contributed by atoms with van der Waals surface area (Å²) >= 11 is 0. The van der Waals surface area contributed by atoms with Gasteiger partial charge in [-0.3, -0.25) is 0 Å². The molecule has 0 radical (unpaired) electrons. The topological polar surface area (TPSA) is 0 Å². The summed E-state index contributed by atoms with van der Waals surface area (Å²) in [5.41, 5.74) is 5.40. The number of fused-ring (bicyclic) bond motifs is 6. The molecule has 0 aromatic heterocycles. The van der Waals surface area contributed by atoms with Gasteiger partial charge in [0.1, 0.15) is 0 Å². The van der Waals surface area contributed by atoms with Crippen molar-refractivity contribution in [2.24, 2.45) is 0 Å². The second-order valence-electron chi connectivity index (χ2n) is 8.87. The van der Waals surface area contributed by atoms with Crippen LogP contribution in [-0.4, -0.2) is 0 Å². The van der Waals surface area contributed by atoms with Crippen LogP contribution in [0.3, 0.4) is 0 Å². The molecule has 156 valence electrons. The van der Waals surface area contributed by atoms with E-state index in [-0.39, 0.29) is 0 Å². The van der Waals surface area contributed by atoms with Crippen molar-refractivity contribution in [3.8, 4) is 0 Å². The molecule has 0 nitrogen and oxygen atoms in total. The van der Waals surface area contributed by atoms with Crippen LogP contribution in [0.25, 0.3) is 43.1 Å². The Kier molecular flexibility index (Phi) is 5.15. The van der Waals surface area contributed by atoms with E-state index < -0.39 is 0 Å². The average Bonchev–Trinajstić information content (AvgIpc) is 2.81. The van der Waals surface area contributed by atoms with Crippen LogP contribution in [0.2, 0.25) is 0 Å². The molecular weight excluding hydrogens is 384 g/mol. The number of hydrogen-bond donors (Lipinski definition) is 0. The summed E-state index contributed by atoms with van der Waals surface area (Å²) in [5.74, 6) is 0. The Labute approximate surface area is 190 Å². The summed E-state index contributed by atoms with van der Waals surface area (Å²) in [6.07, 6.45) is 0. The predicted octanol–water partition coefficient (Wildman–Crippen LogP) is 9.22. The van der Waals surface area contributed by atoms with Crippen molar-refractivity contribution in [3.05, 3.63) is 119 Å². The van der Waals surface area contributed by atoms with E-state index in [1.807, 2.05) is 0 Å². The van der Waals surface area contributed by atoms with Gasteiger partial charge in [-0.1, -0.05) is 103 Å². The molecule has 6 aromatic carbocycles. The maximum Gasteiger partial charge on any atom is -0.0103 e. The fourth-order valence-electron chi connectivity index (χ4n) is 4.86. The zero-order valence-electron chi connectivity index (χ0n) is 19.2. The lowest BCUT2D eigenvalue weighted by Crippen LogP contribution is -1.84. The molecule has 0 heterocycles. The van der Waals surface area contributed by atoms with Crippen molar-refractivity contribution in [2.45, 2.75) is 27.7 Å². The molecule has 0 aliphatic rings. The van der Waals surface area contributed by atoms with Gasteiger partial charge in [-0.25, -0.2) is 0 Å². The number of rotatable bonds is 0. The average molecular weight is 413 g/mol. The van der Waals surface area contributed by atoms with E-state index in [0.717, 1.165) is 0 Å². The molecular formula is C32H28. The van der Waals surface area contributed by atoms with Gasteiger partial charge in [-0.15, -0.1) is 0 Å². The fraction of sp³-hybridized carbons (Fsp3) is 0.125. The van der Waals surface area contributed by atoms with Gasteiger partial charge < -0.3 is 0 Å². The van der Waals surface area contributed by atoms with E-state index in [9.17, 15) is 0 Å². The molecule has 0 atom stereocenters. The van der Waals surface area contributed by atoms with Crippen molar-refractivity contribution >= 4 is 43.1 Å². The van der Waals surface area contributed by atoms with Gasteiger partial charge in [0.15, 0.2) is 0 Å². The van der Waals surface area contributed by atoms with Crippen molar-refractivity contribution in [2.75, 3.05) is 0 Å². The van der Waals surface area contributed by atoms with Crippen LogP contribution < -0.4 is 0 Å².